The van der Waals surface area contributed by atoms with Gasteiger partial charge in [0.15, 0.2) is 13.5 Å². The number of fused-ring (bicyclic) bond motifs is 2. The number of nitrogens with one attached hydrogen (secondary N) is 2. The van der Waals surface area contributed by atoms with Gasteiger partial charge in [0, 0.05) is 22.0 Å². The minimum absolute atomic E-state index is 0. The first-order valence-corrected chi connectivity index (χ1v) is 19.3. The van der Waals surface area contributed by atoms with Crippen molar-refractivity contribution in [3.05, 3.63) is 71.3 Å². The lowest BCUT2D eigenvalue weighted by Crippen LogP contribution is -2.41. The predicted molar refractivity (Wildman–Crippen MR) is 252 cm³/mol. The molecule has 1 fully saturated rings. The fourth-order valence-corrected chi connectivity index (χ4v) is 5.81. The summed E-state index contributed by atoms with van der Waals surface area (Å²) in [5, 5.41) is 24.2. The molecule has 3 heterocycles. The van der Waals surface area contributed by atoms with Gasteiger partial charge in [0.25, 0.3) is 0 Å². The van der Waals surface area contributed by atoms with Crippen LogP contribution in [-0.4, -0.2) is 92.5 Å². The van der Waals surface area contributed by atoms with Crippen molar-refractivity contribution in [2.24, 2.45) is 5.73 Å². The first-order chi connectivity index (χ1) is 28.1. The number of nitrogens with two attached hydrogens (primary N) is 1. The molecule has 21 heteroatoms. The number of hydrogen-bond acceptors (Lipinski definition) is 15. The molecule has 3 aromatic rings. The first kappa shape index (κ1) is 59.5. The third-order valence-corrected chi connectivity index (χ3v) is 9.24. The fourth-order valence-electron chi connectivity index (χ4n) is 5.81. The van der Waals surface area contributed by atoms with Crippen molar-refractivity contribution in [2.75, 3.05) is 20.2 Å². The summed E-state index contributed by atoms with van der Waals surface area (Å²) in [7, 11) is -2.62. The summed E-state index contributed by atoms with van der Waals surface area (Å²) in [5.74, 6) is 1.49. The largest absolute Gasteiger partial charge is 0.499 e. The van der Waals surface area contributed by atoms with E-state index < -0.39 is 55.9 Å². The Labute approximate surface area is 386 Å². The van der Waals surface area contributed by atoms with Gasteiger partial charge in [0.1, 0.15) is 41.5 Å². The number of amides is 2. The van der Waals surface area contributed by atoms with Gasteiger partial charge in [-0.2, -0.15) is 0 Å². The Morgan fingerprint density at radius 1 is 0.688 bits per heavy atom. The number of halogens is 1. The van der Waals surface area contributed by atoms with E-state index in [-0.39, 0.29) is 54.9 Å². The molecular formula is C43H69B3ClN3O14. The molecule has 6 rings (SSSR count). The van der Waals surface area contributed by atoms with Gasteiger partial charge in [-0.15, -0.1) is 12.4 Å². The Morgan fingerprint density at radius 2 is 1.06 bits per heavy atom. The van der Waals surface area contributed by atoms with E-state index >= 15 is 0 Å². The van der Waals surface area contributed by atoms with Crippen LogP contribution in [0.4, 0.5) is 9.59 Å². The molecule has 356 valence electrons. The number of aldehydes is 1. The molecule has 0 aromatic heterocycles. The summed E-state index contributed by atoms with van der Waals surface area (Å²) < 4.78 is 48.8. The van der Waals surface area contributed by atoms with E-state index in [1.807, 2.05) is 52.0 Å². The van der Waals surface area contributed by atoms with Crippen molar-refractivity contribution < 1.29 is 66.7 Å². The van der Waals surface area contributed by atoms with Crippen LogP contribution in [0.2, 0.25) is 0 Å². The lowest BCUT2D eigenvalue weighted by Gasteiger charge is -2.32. The SMILES string of the molecule is C.C.C.CC(C)(C)OC(=O)NCOc1cccc(C=O)c1B1OC(C)(C)C(C)(C)O1.CC(C)(C)OC(=O)NCOc1cccc2c1B(O)OC2.Cl.NCOc1cccc2c1B(O)OC2. The van der Waals surface area contributed by atoms with Crippen molar-refractivity contribution in [2.45, 2.75) is 127 Å². The second kappa shape index (κ2) is 25.2. The van der Waals surface area contributed by atoms with E-state index in [9.17, 15) is 24.4 Å². The second-order valence-corrected chi connectivity index (χ2v) is 16.7. The smallest absolute Gasteiger partial charge is 0.479 e. The maximum Gasteiger partial charge on any atom is 0.499 e. The third-order valence-electron chi connectivity index (χ3n) is 9.24. The first-order valence-electron chi connectivity index (χ1n) is 19.3. The highest BCUT2D eigenvalue weighted by Crippen LogP contribution is 2.37. The standard InChI is InChI=1S/C19H28BNO6.C13H18BNO5.C8H10BNO3.3CH4.ClH/c1-17(2,3)25-16(23)21-12-24-14-10-8-9-13(11-22)15(14)20-26-18(4,5)19(6,7)27-20;1-13(2,3)20-12(16)15-8-18-10-6-4-5-9-7-19-14(17)11(9)10;10-5-12-7-3-1-2-6-4-13-9(11)8(6)7;;;;/h8-11H,12H2,1-7H3,(H,21,23);4-6,17H,7-8H2,1-3H3,(H,15,16);1-3,11H,4-5,10H2;3*1H4;1H. The normalized spacial score (nSPS) is 14.9. The maximum atomic E-state index is 11.8. The van der Waals surface area contributed by atoms with Gasteiger partial charge < -0.3 is 52.3 Å². The number of ether oxygens (including phenoxy) is 5. The van der Waals surface area contributed by atoms with E-state index in [1.165, 1.54) is 0 Å². The summed E-state index contributed by atoms with van der Waals surface area (Å²) in [6, 6.07) is 16.0. The van der Waals surface area contributed by atoms with Crippen molar-refractivity contribution in [3.8, 4) is 17.2 Å². The molecule has 0 aliphatic carbocycles. The molecule has 1 saturated heterocycles. The fraction of sp³-hybridized carbons (Fsp3) is 0.512. The van der Waals surface area contributed by atoms with Crippen LogP contribution in [0.5, 0.6) is 17.2 Å². The summed E-state index contributed by atoms with van der Waals surface area (Å²) in [6.07, 6.45) is -0.415. The van der Waals surface area contributed by atoms with Crippen LogP contribution in [0.1, 0.15) is 113 Å². The average Bonchev–Trinajstić information content (AvgIpc) is 3.79. The molecule has 0 radical (unpaired) electrons. The van der Waals surface area contributed by atoms with Gasteiger partial charge in [0.05, 0.1) is 24.4 Å². The number of hydrogen-bond donors (Lipinski definition) is 5. The van der Waals surface area contributed by atoms with Crippen LogP contribution in [0.15, 0.2) is 54.6 Å². The highest BCUT2D eigenvalue weighted by atomic mass is 35.5. The lowest BCUT2D eigenvalue weighted by molar-refractivity contribution is 0.00578. The van der Waals surface area contributed by atoms with E-state index in [1.54, 1.807) is 71.9 Å². The minimum Gasteiger partial charge on any atom is -0.479 e. The highest BCUT2D eigenvalue weighted by Gasteiger charge is 2.53. The number of benzene rings is 3. The summed E-state index contributed by atoms with van der Waals surface area (Å²) in [6.45, 7) is 19.1. The third kappa shape index (κ3) is 16.5. The van der Waals surface area contributed by atoms with Gasteiger partial charge in [-0.3, -0.25) is 21.2 Å². The Hall–Kier alpha value is -4.53. The van der Waals surface area contributed by atoms with Gasteiger partial charge >= 0.3 is 33.5 Å². The summed E-state index contributed by atoms with van der Waals surface area (Å²) >= 11 is 0. The number of rotatable bonds is 10. The monoisotopic (exact) mass is 919 g/mol. The number of carbonyl (C=O) groups excluding carboxylic acids is 3. The molecule has 0 spiro atoms. The van der Waals surface area contributed by atoms with Gasteiger partial charge in [0.2, 0.25) is 0 Å². The molecule has 0 unspecified atom stereocenters. The molecular weight excluding hydrogens is 850 g/mol. The Bertz CT molecular complexity index is 1950. The van der Waals surface area contributed by atoms with E-state index in [4.69, 9.17) is 48.0 Å². The minimum atomic E-state index is -0.984. The molecule has 0 saturated carbocycles. The number of carbonyl (C=O) groups is 3. The molecule has 3 aromatic carbocycles. The van der Waals surface area contributed by atoms with Gasteiger partial charge in [-0.1, -0.05) is 58.7 Å². The van der Waals surface area contributed by atoms with Crippen LogP contribution in [0.3, 0.4) is 0 Å². The molecule has 2 amide bonds. The van der Waals surface area contributed by atoms with Crippen LogP contribution >= 0.6 is 12.4 Å². The molecule has 3 aliphatic rings. The van der Waals surface area contributed by atoms with E-state index in [2.05, 4.69) is 10.6 Å². The molecule has 64 heavy (non-hydrogen) atoms. The molecule has 6 N–H and O–H groups in total. The summed E-state index contributed by atoms with van der Waals surface area (Å²) in [5.41, 5.74) is 7.04. The molecule has 0 bridgehead atoms. The highest BCUT2D eigenvalue weighted by molar-refractivity contribution is 6.64. The number of alkyl carbamates (subject to hydrolysis) is 2. The Morgan fingerprint density at radius 3 is 1.44 bits per heavy atom. The zero-order valence-electron chi connectivity index (χ0n) is 36.3. The van der Waals surface area contributed by atoms with Gasteiger partial charge in [-0.05, 0) is 98.6 Å². The van der Waals surface area contributed by atoms with Gasteiger partial charge in [-0.25, -0.2) is 9.59 Å². The Balaban J connectivity index is 0.000000950. The zero-order valence-corrected chi connectivity index (χ0v) is 37.1. The summed E-state index contributed by atoms with van der Waals surface area (Å²) in [4.78, 5) is 34.8. The molecule has 17 nitrogen and oxygen atoms in total. The van der Waals surface area contributed by atoms with Crippen LogP contribution in [-0.2, 0) is 41.3 Å². The van der Waals surface area contributed by atoms with Crippen molar-refractivity contribution >= 4 is 68.6 Å². The lowest BCUT2D eigenvalue weighted by atomic mass is 9.75. The van der Waals surface area contributed by atoms with Crippen LogP contribution in [0.25, 0.3) is 0 Å². The molecule has 3 aliphatic heterocycles. The van der Waals surface area contributed by atoms with Crippen molar-refractivity contribution in [1.29, 1.82) is 0 Å². The second-order valence-electron chi connectivity index (χ2n) is 16.7. The quantitative estimate of drug-likeness (QED) is 0.103. The van der Waals surface area contributed by atoms with Crippen LogP contribution < -0.4 is 47.0 Å². The van der Waals surface area contributed by atoms with Crippen molar-refractivity contribution in [1.82, 2.24) is 10.6 Å². The zero-order chi connectivity index (χ0) is 44.5. The van der Waals surface area contributed by atoms with E-state index in [0.717, 1.165) is 17.4 Å². The average molecular weight is 920 g/mol. The van der Waals surface area contributed by atoms with Crippen LogP contribution in [0, 0.1) is 0 Å². The predicted octanol–water partition coefficient (Wildman–Crippen LogP) is 4.95. The maximum absolute atomic E-state index is 11.8. The molecule has 0 atom stereocenters. The van der Waals surface area contributed by atoms with Crippen molar-refractivity contribution in [3.63, 3.8) is 0 Å². The topological polar surface area (TPSA) is 225 Å². The van der Waals surface area contributed by atoms with E-state index in [0.29, 0.717) is 52.4 Å². The Kier molecular flexibility index (Phi) is 23.5.